The van der Waals surface area contributed by atoms with Crippen molar-refractivity contribution in [2.75, 3.05) is 13.1 Å². The topological polar surface area (TPSA) is 71.5 Å². The molecule has 0 atom stereocenters. The van der Waals surface area contributed by atoms with Gasteiger partial charge in [0.25, 0.3) is 5.91 Å². The van der Waals surface area contributed by atoms with Crippen LogP contribution in [0.5, 0.6) is 0 Å². The lowest BCUT2D eigenvalue weighted by Crippen LogP contribution is -2.61. The van der Waals surface area contributed by atoms with E-state index in [0.717, 1.165) is 16.3 Å². The van der Waals surface area contributed by atoms with Crippen molar-refractivity contribution < 1.29 is 14.3 Å². The molecule has 1 aromatic carbocycles. The van der Waals surface area contributed by atoms with E-state index < -0.39 is 6.09 Å². The second-order valence-corrected chi connectivity index (χ2v) is 6.96. The Balaban J connectivity index is 1.42. The molecule has 1 aromatic heterocycles. The quantitative estimate of drug-likeness (QED) is 0.924. The van der Waals surface area contributed by atoms with E-state index in [1.165, 1.54) is 11.3 Å². The summed E-state index contributed by atoms with van der Waals surface area (Å²) in [6.07, 6.45) is -0.458. The number of carbonyl (C=O) groups is 2. The highest BCUT2D eigenvalue weighted by atomic mass is 32.1. The summed E-state index contributed by atoms with van der Waals surface area (Å²) in [7, 11) is 0. The monoisotopic (exact) mass is 345 g/mol. The smallest absolute Gasteiger partial charge is 0.407 e. The van der Waals surface area contributed by atoms with Gasteiger partial charge in [-0.25, -0.2) is 9.78 Å². The van der Waals surface area contributed by atoms with Crippen LogP contribution in [-0.4, -0.2) is 41.0 Å². The summed E-state index contributed by atoms with van der Waals surface area (Å²) in [5.41, 5.74) is 1.70. The molecule has 0 aliphatic carbocycles. The van der Waals surface area contributed by atoms with Crippen molar-refractivity contribution in [3.63, 3.8) is 0 Å². The molecule has 2 amide bonds. The number of nitrogens with zero attached hydrogens (tertiary/aromatic N) is 2. The number of benzene rings is 1. The predicted molar refractivity (Wildman–Crippen MR) is 91.0 cm³/mol. The number of aromatic nitrogens is 1. The lowest BCUT2D eigenvalue weighted by molar-refractivity contribution is 0.0549. The van der Waals surface area contributed by atoms with Crippen LogP contribution in [0.2, 0.25) is 0 Å². The number of hydrogen-bond acceptors (Lipinski definition) is 5. The van der Waals surface area contributed by atoms with E-state index in [0.29, 0.717) is 18.0 Å². The van der Waals surface area contributed by atoms with Gasteiger partial charge in [-0.05, 0) is 19.4 Å². The van der Waals surface area contributed by atoms with Crippen molar-refractivity contribution in [1.82, 2.24) is 15.2 Å². The third-order valence-corrected chi connectivity index (χ3v) is 4.86. The molecule has 1 aliphatic heterocycles. The minimum atomic E-state index is -0.458. The van der Waals surface area contributed by atoms with Crippen molar-refractivity contribution >= 4 is 23.3 Å². The van der Waals surface area contributed by atoms with E-state index in [1.54, 1.807) is 4.90 Å². The van der Waals surface area contributed by atoms with Crippen molar-refractivity contribution in [1.29, 1.82) is 0 Å². The molecule has 126 valence electrons. The van der Waals surface area contributed by atoms with Crippen molar-refractivity contribution in [3.05, 3.63) is 51.5 Å². The molecule has 1 saturated heterocycles. The highest BCUT2D eigenvalue weighted by Crippen LogP contribution is 2.22. The van der Waals surface area contributed by atoms with Crippen LogP contribution in [0.4, 0.5) is 4.79 Å². The van der Waals surface area contributed by atoms with Gasteiger partial charge in [0.15, 0.2) is 0 Å². The zero-order chi connectivity index (χ0) is 17.1. The maximum atomic E-state index is 12.4. The number of hydrogen-bond donors (Lipinski definition) is 1. The summed E-state index contributed by atoms with van der Waals surface area (Å²) >= 11 is 1.41. The molecule has 1 aliphatic rings. The summed E-state index contributed by atoms with van der Waals surface area (Å²) in [5.74, 6) is -0.0196. The van der Waals surface area contributed by atoms with E-state index in [1.807, 2.05) is 44.2 Å². The van der Waals surface area contributed by atoms with Crippen LogP contribution >= 0.6 is 11.3 Å². The second kappa shape index (κ2) is 7.00. The van der Waals surface area contributed by atoms with Gasteiger partial charge in [0.05, 0.1) is 16.7 Å². The van der Waals surface area contributed by atoms with E-state index in [9.17, 15) is 9.59 Å². The molecule has 7 heteroatoms. The first-order valence-corrected chi connectivity index (χ1v) is 8.55. The van der Waals surface area contributed by atoms with Gasteiger partial charge in [0.2, 0.25) is 0 Å². The van der Waals surface area contributed by atoms with Gasteiger partial charge in [0.1, 0.15) is 11.5 Å². The van der Waals surface area contributed by atoms with Crippen LogP contribution in [0.15, 0.2) is 30.3 Å². The summed E-state index contributed by atoms with van der Waals surface area (Å²) < 4.78 is 5.18. The van der Waals surface area contributed by atoms with Crippen LogP contribution < -0.4 is 5.32 Å². The van der Waals surface area contributed by atoms with Crippen molar-refractivity contribution in [3.8, 4) is 0 Å². The summed E-state index contributed by atoms with van der Waals surface area (Å²) in [5, 5.41) is 3.66. The van der Waals surface area contributed by atoms with Crippen LogP contribution in [0.3, 0.4) is 0 Å². The largest absolute Gasteiger partial charge is 0.445 e. The van der Waals surface area contributed by atoms with Gasteiger partial charge >= 0.3 is 6.09 Å². The zero-order valence-corrected chi connectivity index (χ0v) is 14.4. The molecule has 1 N–H and O–H groups in total. The number of thiazole rings is 1. The Kier molecular flexibility index (Phi) is 4.80. The summed E-state index contributed by atoms with van der Waals surface area (Å²) in [4.78, 5) is 30.8. The molecule has 1 fully saturated rings. The molecule has 2 heterocycles. The van der Waals surface area contributed by atoms with Gasteiger partial charge in [-0.2, -0.15) is 0 Å². The number of aryl methyl sites for hydroxylation is 2. The first kappa shape index (κ1) is 16.4. The third-order valence-electron chi connectivity index (χ3n) is 3.80. The molecule has 0 saturated carbocycles. The lowest BCUT2D eigenvalue weighted by atomic mass is 10.1. The van der Waals surface area contributed by atoms with E-state index >= 15 is 0 Å². The molecule has 2 aromatic rings. The number of likely N-dealkylation sites (tertiary alicyclic amines) is 1. The molecular formula is C17H19N3O3S. The number of rotatable bonds is 4. The number of ether oxygens (including phenoxy) is 1. The zero-order valence-electron chi connectivity index (χ0n) is 13.6. The first-order chi connectivity index (χ1) is 11.5. The Morgan fingerprint density at radius 1 is 1.29 bits per heavy atom. The van der Waals surface area contributed by atoms with Gasteiger partial charge in [-0.1, -0.05) is 30.3 Å². The molecule has 3 rings (SSSR count). The molecule has 6 nitrogen and oxygen atoms in total. The Labute approximate surface area is 144 Å². The molecule has 0 bridgehead atoms. The fourth-order valence-corrected chi connectivity index (χ4v) is 3.43. The number of nitrogens with one attached hydrogen (secondary N) is 1. The third kappa shape index (κ3) is 3.73. The number of alkyl carbamates (subject to hydrolysis) is 1. The normalized spacial score (nSPS) is 14.2. The minimum absolute atomic E-state index is 0.0196. The average Bonchev–Trinajstić information content (AvgIpc) is 2.87. The predicted octanol–water partition coefficient (Wildman–Crippen LogP) is 2.51. The average molecular weight is 345 g/mol. The SMILES string of the molecule is Cc1nc(C)c(C(=O)N2CC(NC(=O)OCc3ccccc3)C2)s1. The van der Waals surface area contributed by atoms with E-state index in [4.69, 9.17) is 4.74 Å². The van der Waals surface area contributed by atoms with Gasteiger partial charge < -0.3 is 15.0 Å². The number of carbonyl (C=O) groups excluding carboxylic acids is 2. The highest BCUT2D eigenvalue weighted by molar-refractivity contribution is 7.13. The van der Waals surface area contributed by atoms with Gasteiger partial charge in [-0.15, -0.1) is 11.3 Å². The Bertz CT molecular complexity index is 739. The van der Waals surface area contributed by atoms with Gasteiger partial charge in [0, 0.05) is 13.1 Å². The number of amides is 2. The standard InChI is InChI=1S/C17H19N3O3S/c1-11-15(24-12(2)18-11)16(21)20-8-14(9-20)19-17(22)23-10-13-6-4-3-5-7-13/h3-7,14H,8-10H2,1-2H3,(H,19,22). The Morgan fingerprint density at radius 3 is 2.62 bits per heavy atom. The van der Waals surface area contributed by atoms with Crippen molar-refractivity contribution in [2.24, 2.45) is 0 Å². The molecule has 0 spiro atoms. The summed E-state index contributed by atoms with van der Waals surface area (Å²) in [6, 6.07) is 9.44. The lowest BCUT2D eigenvalue weighted by Gasteiger charge is -2.39. The van der Waals surface area contributed by atoms with Gasteiger partial charge in [-0.3, -0.25) is 4.79 Å². The van der Waals surface area contributed by atoms with Crippen LogP contribution in [0, 0.1) is 13.8 Å². The molecule has 0 radical (unpaired) electrons. The van der Waals surface area contributed by atoms with E-state index in [-0.39, 0.29) is 18.6 Å². The van der Waals surface area contributed by atoms with Crippen molar-refractivity contribution in [2.45, 2.75) is 26.5 Å². The Hall–Kier alpha value is -2.41. The summed E-state index contributed by atoms with van der Waals surface area (Å²) in [6.45, 7) is 4.96. The maximum absolute atomic E-state index is 12.4. The van der Waals surface area contributed by atoms with Crippen LogP contribution in [0.25, 0.3) is 0 Å². The molecule has 0 unspecified atom stereocenters. The fraction of sp³-hybridized carbons (Fsp3) is 0.353. The fourth-order valence-electron chi connectivity index (χ4n) is 2.54. The Morgan fingerprint density at radius 2 is 2.00 bits per heavy atom. The molecular weight excluding hydrogens is 326 g/mol. The highest BCUT2D eigenvalue weighted by Gasteiger charge is 2.34. The minimum Gasteiger partial charge on any atom is -0.445 e. The van der Waals surface area contributed by atoms with Crippen LogP contribution in [0.1, 0.15) is 25.9 Å². The van der Waals surface area contributed by atoms with Crippen LogP contribution in [-0.2, 0) is 11.3 Å². The first-order valence-electron chi connectivity index (χ1n) is 7.73. The molecule has 24 heavy (non-hydrogen) atoms. The second-order valence-electron chi connectivity index (χ2n) is 5.76. The maximum Gasteiger partial charge on any atom is 0.407 e. The van der Waals surface area contributed by atoms with E-state index in [2.05, 4.69) is 10.3 Å².